The molecular formula is C10H24N2O. The van der Waals surface area contributed by atoms with Gasteiger partial charge in [0.1, 0.15) is 0 Å². The third-order valence-corrected chi connectivity index (χ3v) is 2.55. The minimum Gasteiger partial charge on any atom is -0.330 e. The Bertz CT molecular complexity index is 109. The van der Waals surface area contributed by atoms with Crippen molar-refractivity contribution in [3.05, 3.63) is 0 Å². The first-order valence-electron chi connectivity index (χ1n) is 5.19. The topological polar surface area (TPSA) is 38.5 Å². The molecule has 13 heavy (non-hydrogen) atoms. The van der Waals surface area contributed by atoms with Gasteiger partial charge in [-0.05, 0) is 31.7 Å². The van der Waals surface area contributed by atoms with Crippen LogP contribution in [0.5, 0.6) is 0 Å². The minimum absolute atomic E-state index is 0.801. The van der Waals surface area contributed by atoms with E-state index in [-0.39, 0.29) is 0 Å². The van der Waals surface area contributed by atoms with Crippen LogP contribution in [0.25, 0.3) is 0 Å². The molecule has 2 N–H and O–H groups in total. The van der Waals surface area contributed by atoms with Crippen molar-refractivity contribution in [2.24, 2.45) is 11.7 Å². The predicted octanol–water partition coefficient (Wildman–Crippen LogP) is 1.63. The van der Waals surface area contributed by atoms with Crippen LogP contribution in [0.4, 0.5) is 0 Å². The third kappa shape index (κ3) is 6.99. The summed E-state index contributed by atoms with van der Waals surface area (Å²) < 4.78 is 0. The normalized spacial score (nSPS) is 13.6. The van der Waals surface area contributed by atoms with E-state index < -0.39 is 0 Å². The second kappa shape index (κ2) is 8.48. The minimum atomic E-state index is 0.801. The Labute approximate surface area is 82.2 Å². The van der Waals surface area contributed by atoms with E-state index >= 15 is 0 Å². The van der Waals surface area contributed by atoms with Crippen molar-refractivity contribution in [3.63, 3.8) is 0 Å². The van der Waals surface area contributed by atoms with Gasteiger partial charge in [-0.1, -0.05) is 13.3 Å². The molecule has 0 aromatic rings. The van der Waals surface area contributed by atoms with E-state index in [4.69, 9.17) is 10.6 Å². The molecular weight excluding hydrogens is 164 g/mol. The molecule has 0 saturated heterocycles. The highest BCUT2D eigenvalue weighted by molar-refractivity contribution is 4.58. The Morgan fingerprint density at radius 2 is 2.08 bits per heavy atom. The van der Waals surface area contributed by atoms with Crippen LogP contribution in [0.15, 0.2) is 0 Å². The lowest BCUT2D eigenvalue weighted by Crippen LogP contribution is -2.19. The first-order valence-corrected chi connectivity index (χ1v) is 5.19. The average Bonchev–Trinajstić information content (AvgIpc) is 2.16. The number of hydrogen-bond acceptors (Lipinski definition) is 3. The molecule has 0 fully saturated rings. The molecule has 0 saturated carbocycles. The summed E-state index contributed by atoms with van der Waals surface area (Å²) in [6.07, 6.45) is 4.87. The van der Waals surface area contributed by atoms with Crippen LogP contribution in [0.3, 0.4) is 0 Å². The van der Waals surface area contributed by atoms with Gasteiger partial charge >= 0.3 is 0 Å². The Balaban J connectivity index is 3.37. The van der Waals surface area contributed by atoms with Crippen LogP contribution in [0, 0.1) is 5.92 Å². The first-order chi connectivity index (χ1) is 6.24. The second-order valence-electron chi connectivity index (χ2n) is 3.53. The number of hydrogen-bond donors (Lipinski definition) is 1. The van der Waals surface area contributed by atoms with Gasteiger partial charge in [0.2, 0.25) is 0 Å². The summed E-state index contributed by atoms with van der Waals surface area (Å²) >= 11 is 0. The van der Waals surface area contributed by atoms with Crippen molar-refractivity contribution < 1.29 is 4.84 Å². The van der Waals surface area contributed by atoms with Crippen LogP contribution >= 0.6 is 0 Å². The lowest BCUT2D eigenvalue weighted by Gasteiger charge is -2.16. The zero-order valence-corrected chi connectivity index (χ0v) is 9.25. The maximum absolute atomic E-state index is 5.53. The van der Waals surface area contributed by atoms with Gasteiger partial charge in [0.05, 0.1) is 7.11 Å². The summed E-state index contributed by atoms with van der Waals surface area (Å²) in [5.41, 5.74) is 5.53. The Hall–Kier alpha value is -0.120. The molecule has 1 unspecified atom stereocenters. The molecule has 0 aliphatic heterocycles. The quantitative estimate of drug-likeness (QED) is 0.588. The summed E-state index contributed by atoms with van der Waals surface area (Å²) in [6, 6.07) is 0. The lowest BCUT2D eigenvalue weighted by atomic mass is 9.97. The van der Waals surface area contributed by atoms with E-state index in [1.165, 1.54) is 19.3 Å². The summed E-state index contributed by atoms with van der Waals surface area (Å²) in [4.78, 5) is 5.03. The fourth-order valence-corrected chi connectivity index (χ4v) is 1.48. The highest BCUT2D eigenvalue weighted by Gasteiger charge is 2.05. The molecule has 0 heterocycles. The molecule has 0 bridgehead atoms. The molecule has 3 heteroatoms. The standard InChI is InChI=1S/C10H24N2O/c1-4-10(7-8-11)6-5-9-12(2)13-3/h10H,4-9,11H2,1-3H3. The molecule has 0 radical (unpaired) electrons. The summed E-state index contributed by atoms with van der Waals surface area (Å²) in [7, 11) is 3.67. The predicted molar refractivity (Wildman–Crippen MR) is 56.3 cm³/mol. The van der Waals surface area contributed by atoms with Gasteiger partial charge in [-0.15, -0.1) is 0 Å². The molecule has 0 aromatic heterocycles. The number of rotatable bonds is 8. The zero-order chi connectivity index (χ0) is 10.1. The summed E-state index contributed by atoms with van der Waals surface area (Å²) in [5, 5.41) is 1.87. The fraction of sp³-hybridized carbons (Fsp3) is 1.00. The van der Waals surface area contributed by atoms with Crippen molar-refractivity contribution >= 4 is 0 Å². The maximum Gasteiger partial charge on any atom is 0.0575 e. The van der Waals surface area contributed by atoms with Crippen LogP contribution < -0.4 is 5.73 Å². The van der Waals surface area contributed by atoms with Crippen LogP contribution in [0.1, 0.15) is 32.6 Å². The van der Waals surface area contributed by atoms with Gasteiger partial charge < -0.3 is 10.6 Å². The molecule has 0 aliphatic carbocycles. The molecule has 80 valence electrons. The van der Waals surface area contributed by atoms with Gasteiger partial charge in [-0.3, -0.25) is 0 Å². The van der Waals surface area contributed by atoms with Crippen LogP contribution in [0.2, 0.25) is 0 Å². The van der Waals surface area contributed by atoms with E-state index in [0.717, 1.165) is 25.4 Å². The molecule has 0 rings (SSSR count). The Kier molecular flexibility index (Phi) is 8.40. The van der Waals surface area contributed by atoms with E-state index in [2.05, 4.69) is 6.92 Å². The smallest absolute Gasteiger partial charge is 0.0575 e. The second-order valence-corrected chi connectivity index (χ2v) is 3.53. The van der Waals surface area contributed by atoms with Gasteiger partial charge in [-0.25, -0.2) is 0 Å². The van der Waals surface area contributed by atoms with Crippen LogP contribution in [-0.2, 0) is 4.84 Å². The number of hydroxylamine groups is 2. The fourth-order valence-electron chi connectivity index (χ4n) is 1.48. The SMILES string of the molecule is CCC(CCN)CCCN(C)OC. The Morgan fingerprint density at radius 1 is 1.38 bits per heavy atom. The van der Waals surface area contributed by atoms with Gasteiger partial charge in [0, 0.05) is 13.6 Å². The van der Waals surface area contributed by atoms with E-state index in [1.54, 1.807) is 7.11 Å². The van der Waals surface area contributed by atoms with Gasteiger partial charge in [-0.2, -0.15) is 5.06 Å². The molecule has 0 spiro atoms. The largest absolute Gasteiger partial charge is 0.330 e. The molecule has 0 amide bonds. The Morgan fingerprint density at radius 3 is 2.54 bits per heavy atom. The highest BCUT2D eigenvalue weighted by atomic mass is 16.7. The van der Waals surface area contributed by atoms with Crippen molar-refractivity contribution in [2.75, 3.05) is 27.2 Å². The van der Waals surface area contributed by atoms with Crippen molar-refractivity contribution in [2.45, 2.75) is 32.6 Å². The number of nitrogens with two attached hydrogens (primary N) is 1. The molecule has 1 atom stereocenters. The maximum atomic E-state index is 5.53. The van der Waals surface area contributed by atoms with Crippen molar-refractivity contribution in [1.82, 2.24) is 5.06 Å². The van der Waals surface area contributed by atoms with E-state index in [0.29, 0.717) is 0 Å². The summed E-state index contributed by atoms with van der Waals surface area (Å²) in [6.45, 7) is 4.07. The first kappa shape index (κ1) is 12.9. The monoisotopic (exact) mass is 188 g/mol. The average molecular weight is 188 g/mol. The summed E-state index contributed by atoms with van der Waals surface area (Å²) in [5.74, 6) is 0.801. The van der Waals surface area contributed by atoms with Crippen molar-refractivity contribution in [1.29, 1.82) is 0 Å². The molecule has 0 aliphatic rings. The lowest BCUT2D eigenvalue weighted by molar-refractivity contribution is -0.110. The van der Waals surface area contributed by atoms with Crippen LogP contribution in [-0.4, -0.2) is 32.3 Å². The highest BCUT2D eigenvalue weighted by Crippen LogP contribution is 2.14. The molecule has 0 aromatic carbocycles. The molecule has 3 nitrogen and oxygen atoms in total. The van der Waals surface area contributed by atoms with E-state index in [1.807, 2.05) is 12.1 Å². The number of nitrogens with zero attached hydrogens (tertiary/aromatic N) is 1. The zero-order valence-electron chi connectivity index (χ0n) is 9.25. The van der Waals surface area contributed by atoms with Gasteiger partial charge in [0.25, 0.3) is 0 Å². The van der Waals surface area contributed by atoms with Gasteiger partial charge in [0.15, 0.2) is 0 Å². The third-order valence-electron chi connectivity index (χ3n) is 2.55. The van der Waals surface area contributed by atoms with E-state index in [9.17, 15) is 0 Å². The van der Waals surface area contributed by atoms with Crippen molar-refractivity contribution in [3.8, 4) is 0 Å².